The van der Waals surface area contributed by atoms with Gasteiger partial charge in [0.2, 0.25) is 5.96 Å². The number of aromatic amines is 1. The number of amides is 2. The predicted molar refractivity (Wildman–Crippen MR) is 111 cm³/mol. The van der Waals surface area contributed by atoms with E-state index in [0.717, 1.165) is 0 Å². The molecule has 1 rings (SSSR count). The third kappa shape index (κ3) is 8.49. The molecule has 11 nitrogen and oxygen atoms in total. The first-order chi connectivity index (χ1) is 14.0. The minimum absolute atomic E-state index is 0.00657. The molecule has 0 atom stereocenters. The second kappa shape index (κ2) is 9.63. The highest BCUT2D eigenvalue weighted by Crippen LogP contribution is 2.23. The highest BCUT2D eigenvalue weighted by molar-refractivity contribution is 6.08. The van der Waals surface area contributed by atoms with E-state index in [1.165, 1.54) is 0 Å². The van der Waals surface area contributed by atoms with Crippen molar-refractivity contribution in [3.8, 4) is 0 Å². The summed E-state index contributed by atoms with van der Waals surface area (Å²) in [4.78, 5) is 50.6. The van der Waals surface area contributed by atoms with Gasteiger partial charge in [-0.15, -0.1) is 0 Å². The fourth-order valence-electron chi connectivity index (χ4n) is 2.52. The topological polar surface area (TPSA) is 171 Å². The Morgan fingerprint density at radius 3 is 2.00 bits per heavy atom. The summed E-state index contributed by atoms with van der Waals surface area (Å²) in [6.45, 7) is 11.5. The van der Waals surface area contributed by atoms with Crippen LogP contribution in [0, 0.1) is 12.3 Å². The molecule has 0 spiro atoms. The van der Waals surface area contributed by atoms with E-state index >= 15 is 0 Å². The van der Waals surface area contributed by atoms with Crippen LogP contribution in [0.2, 0.25) is 0 Å². The van der Waals surface area contributed by atoms with Gasteiger partial charge < -0.3 is 19.6 Å². The normalized spacial score (nSPS) is 11.5. The molecule has 31 heavy (non-hydrogen) atoms. The maximum Gasteiger partial charge on any atom is 0.414 e. The Morgan fingerprint density at radius 1 is 0.968 bits per heavy atom. The van der Waals surface area contributed by atoms with Crippen LogP contribution in [0.3, 0.4) is 0 Å². The van der Waals surface area contributed by atoms with Gasteiger partial charge in [-0.2, -0.15) is 0 Å². The smallest absolute Gasteiger partial charge is 0.414 e. The number of rotatable bonds is 5. The number of hydrogen-bond acceptors (Lipinski definition) is 7. The number of alkyl carbamates (subject to hydrolysis) is 1. The maximum absolute atomic E-state index is 12.7. The molecule has 172 valence electrons. The Kier molecular flexibility index (Phi) is 7.97. The molecule has 0 saturated heterocycles. The first kappa shape index (κ1) is 25.7. The van der Waals surface area contributed by atoms with Crippen molar-refractivity contribution in [2.24, 2.45) is 0 Å². The molecule has 1 aromatic rings. The average molecular weight is 438 g/mol. The Morgan fingerprint density at radius 2 is 1.52 bits per heavy atom. The third-order valence-electron chi connectivity index (χ3n) is 3.66. The maximum atomic E-state index is 12.7. The molecule has 2 amide bonds. The number of H-pyrrole nitrogens is 1. The van der Waals surface area contributed by atoms with Crippen LogP contribution in [0.4, 0.5) is 4.79 Å². The summed E-state index contributed by atoms with van der Waals surface area (Å²) >= 11 is 0. The lowest BCUT2D eigenvalue weighted by molar-refractivity contribution is -0.136. The van der Waals surface area contributed by atoms with Gasteiger partial charge in [-0.1, -0.05) is 0 Å². The van der Waals surface area contributed by atoms with E-state index in [9.17, 15) is 19.2 Å². The Balaban J connectivity index is 3.11. The van der Waals surface area contributed by atoms with Gasteiger partial charge >= 0.3 is 18.0 Å². The van der Waals surface area contributed by atoms with Crippen molar-refractivity contribution in [1.82, 2.24) is 15.6 Å². The molecular weight excluding hydrogens is 408 g/mol. The van der Waals surface area contributed by atoms with Gasteiger partial charge in [0, 0.05) is 6.42 Å². The van der Waals surface area contributed by atoms with Crippen LogP contribution in [0.25, 0.3) is 0 Å². The summed E-state index contributed by atoms with van der Waals surface area (Å²) in [5.74, 6) is -3.26. The van der Waals surface area contributed by atoms with E-state index in [1.807, 2.05) is 0 Å². The van der Waals surface area contributed by atoms with Crippen molar-refractivity contribution in [3.05, 3.63) is 22.5 Å². The summed E-state index contributed by atoms with van der Waals surface area (Å²) in [7, 11) is 0. The molecule has 0 aliphatic rings. The zero-order valence-electron chi connectivity index (χ0n) is 18.8. The monoisotopic (exact) mass is 438 g/mol. The molecule has 0 saturated carbocycles. The van der Waals surface area contributed by atoms with Gasteiger partial charge in [0.05, 0.1) is 0 Å². The highest BCUT2D eigenvalue weighted by Gasteiger charge is 2.27. The van der Waals surface area contributed by atoms with Gasteiger partial charge in [-0.05, 0) is 66.0 Å². The number of carboxylic acid groups (broad SMARTS) is 1. The molecule has 5 N–H and O–H groups in total. The summed E-state index contributed by atoms with van der Waals surface area (Å²) in [5.41, 5.74) is -1.00. The van der Waals surface area contributed by atoms with Gasteiger partial charge in [0.25, 0.3) is 5.91 Å². The van der Waals surface area contributed by atoms with Crippen molar-refractivity contribution in [1.29, 1.82) is 5.41 Å². The molecule has 0 aliphatic heterocycles. The van der Waals surface area contributed by atoms with Crippen LogP contribution in [0.5, 0.6) is 0 Å². The Hall–Kier alpha value is -3.37. The highest BCUT2D eigenvalue weighted by atomic mass is 16.6. The van der Waals surface area contributed by atoms with Gasteiger partial charge in [0.15, 0.2) is 0 Å². The number of aromatic nitrogens is 1. The number of nitrogens with one attached hydrogen (secondary N) is 4. The third-order valence-corrected chi connectivity index (χ3v) is 3.66. The number of hydrogen-bond donors (Lipinski definition) is 5. The molecule has 1 aromatic heterocycles. The van der Waals surface area contributed by atoms with E-state index in [1.54, 1.807) is 48.5 Å². The zero-order valence-corrected chi connectivity index (χ0v) is 18.8. The molecule has 0 fully saturated rings. The molecule has 0 radical (unpaired) electrons. The molecule has 0 aromatic carbocycles. The first-order valence-electron chi connectivity index (χ1n) is 9.56. The number of aliphatic carboxylic acids is 1. The van der Waals surface area contributed by atoms with Gasteiger partial charge in [0.1, 0.15) is 22.6 Å². The number of ether oxygens (including phenoxy) is 2. The van der Waals surface area contributed by atoms with Crippen LogP contribution in [0.1, 0.15) is 80.1 Å². The van der Waals surface area contributed by atoms with Crippen molar-refractivity contribution in [3.63, 3.8) is 0 Å². The Bertz CT molecular complexity index is 889. The number of guanidine groups is 1. The van der Waals surface area contributed by atoms with Gasteiger partial charge in [-0.25, -0.2) is 9.59 Å². The molecular formula is C20H30N4O7. The van der Waals surface area contributed by atoms with E-state index in [4.69, 9.17) is 20.0 Å². The minimum atomic E-state index is -1.08. The summed E-state index contributed by atoms with van der Waals surface area (Å²) in [5, 5.41) is 21.0. The summed E-state index contributed by atoms with van der Waals surface area (Å²) in [6.07, 6.45) is -1.24. The van der Waals surface area contributed by atoms with Crippen molar-refractivity contribution in [2.75, 3.05) is 0 Å². The van der Waals surface area contributed by atoms with Gasteiger partial charge in [-0.3, -0.25) is 25.6 Å². The summed E-state index contributed by atoms with van der Waals surface area (Å²) < 4.78 is 10.3. The average Bonchev–Trinajstić information content (AvgIpc) is 2.85. The predicted octanol–water partition coefficient (Wildman–Crippen LogP) is 2.48. The van der Waals surface area contributed by atoms with Crippen LogP contribution in [-0.4, -0.2) is 51.2 Å². The molecule has 11 heteroatoms. The number of esters is 1. The SMILES string of the molecule is Cc1c(C(=O)OC(C)(C)C)[nH]c(C(=O)NC(=N)NC(=O)OC(C)(C)C)c1CCC(=O)O. The van der Waals surface area contributed by atoms with E-state index in [2.05, 4.69) is 15.6 Å². The largest absolute Gasteiger partial charge is 0.481 e. The second-order valence-electron chi connectivity index (χ2n) is 8.83. The lowest BCUT2D eigenvalue weighted by Gasteiger charge is -2.19. The minimum Gasteiger partial charge on any atom is -0.481 e. The fraction of sp³-hybridized carbons (Fsp3) is 0.550. The molecule has 1 heterocycles. The second-order valence-corrected chi connectivity index (χ2v) is 8.83. The lowest BCUT2D eigenvalue weighted by Crippen LogP contribution is -2.45. The van der Waals surface area contributed by atoms with Crippen LogP contribution in [0.15, 0.2) is 0 Å². The zero-order chi connectivity index (χ0) is 24.1. The van der Waals surface area contributed by atoms with Crippen LogP contribution >= 0.6 is 0 Å². The first-order valence-corrected chi connectivity index (χ1v) is 9.56. The van der Waals surface area contributed by atoms with E-state index in [0.29, 0.717) is 11.1 Å². The number of carboxylic acids is 1. The standard InChI is InChI=1S/C20H30N4O7/c1-10-11(8-9-12(25)26)14(22-13(10)16(28)30-19(2,3)4)15(27)23-17(21)24-18(29)31-20(5,6)7/h22H,8-9H2,1-7H3,(H,25,26)(H3,21,23,24,27,29). The van der Waals surface area contributed by atoms with E-state index < -0.39 is 41.1 Å². The quantitative estimate of drug-likeness (QED) is 0.267. The summed E-state index contributed by atoms with van der Waals surface area (Å²) in [6, 6.07) is 0. The van der Waals surface area contributed by atoms with Crippen molar-refractivity contribution in [2.45, 2.75) is 72.5 Å². The van der Waals surface area contributed by atoms with E-state index in [-0.39, 0.29) is 24.2 Å². The molecule has 0 unspecified atom stereocenters. The molecule has 0 bridgehead atoms. The van der Waals surface area contributed by atoms with Crippen molar-refractivity contribution < 1.29 is 33.8 Å². The fourth-order valence-corrected chi connectivity index (χ4v) is 2.52. The van der Waals surface area contributed by atoms with Crippen LogP contribution < -0.4 is 10.6 Å². The van der Waals surface area contributed by atoms with Crippen molar-refractivity contribution >= 4 is 29.9 Å². The molecule has 0 aliphatic carbocycles. The lowest BCUT2D eigenvalue weighted by atomic mass is 10.0. The Labute approximate surface area is 180 Å². The van der Waals surface area contributed by atoms with Crippen LogP contribution in [-0.2, 0) is 20.7 Å². The number of carbonyl (C=O) groups is 4. The number of carbonyl (C=O) groups excluding carboxylic acids is 3.